The highest BCUT2D eigenvalue weighted by Gasteiger charge is 2.45. The van der Waals surface area contributed by atoms with Gasteiger partial charge in [-0.2, -0.15) is 0 Å². The molecule has 9 nitrogen and oxygen atoms in total. The van der Waals surface area contributed by atoms with Crippen molar-refractivity contribution in [3.8, 4) is 11.4 Å². The zero-order chi connectivity index (χ0) is 26.2. The fourth-order valence-electron chi connectivity index (χ4n) is 5.90. The van der Waals surface area contributed by atoms with E-state index < -0.39 is 17.4 Å². The van der Waals surface area contributed by atoms with Gasteiger partial charge >= 0.3 is 5.97 Å². The van der Waals surface area contributed by atoms with Gasteiger partial charge in [0.2, 0.25) is 5.91 Å². The number of fused-ring (bicyclic) bond motifs is 5. The van der Waals surface area contributed by atoms with Gasteiger partial charge in [-0.25, -0.2) is 14.2 Å². The van der Waals surface area contributed by atoms with Crippen LogP contribution >= 0.6 is 0 Å². The number of aromatic nitrogens is 2. The Kier molecular flexibility index (Phi) is 5.26. The minimum atomic E-state index is -1.94. The lowest BCUT2D eigenvalue weighted by atomic mass is 9.86. The predicted octanol–water partition coefficient (Wildman–Crippen LogP) is 2.02. The number of benzene rings is 1. The number of carbonyl (C=O) groups excluding carboxylic acids is 2. The third kappa shape index (κ3) is 3.28. The number of esters is 1. The fourth-order valence-corrected chi connectivity index (χ4v) is 5.90. The van der Waals surface area contributed by atoms with Gasteiger partial charge in [-0.05, 0) is 43.5 Å². The number of aryl methyl sites for hydroxylation is 1. The smallest absolute Gasteiger partial charge is 0.343 e. The molecule has 1 amide bonds. The topological polar surface area (TPSA) is 114 Å². The van der Waals surface area contributed by atoms with Gasteiger partial charge in [-0.3, -0.25) is 9.59 Å². The number of pyridine rings is 2. The Morgan fingerprint density at radius 2 is 2.03 bits per heavy atom. The Bertz CT molecular complexity index is 1580. The number of cyclic esters (lactones) is 1. The van der Waals surface area contributed by atoms with Crippen LogP contribution in [0.2, 0.25) is 0 Å². The van der Waals surface area contributed by atoms with Crippen LogP contribution in [0, 0.1) is 12.7 Å². The number of nitrogens with one attached hydrogen (secondary N) is 1. The maximum atomic E-state index is 14.7. The standard InChI is InChI=1S/C27H27FN4O5/c1-4-27(36)18-8-21-24-16(11-32(21)25(34)17(18)12-37-26(27)35)23(14(3)31-6-5-29-10-22(31)33)15-7-13(2)19(28)9-20(15)30-24/h7-9,14,29,36H,4-6,10-12H2,1-3H3/t14-,27-/m0/s1. The highest BCUT2D eigenvalue weighted by atomic mass is 19.1. The minimum Gasteiger partial charge on any atom is -0.458 e. The molecule has 37 heavy (non-hydrogen) atoms. The summed E-state index contributed by atoms with van der Waals surface area (Å²) in [5.74, 6) is -1.23. The number of halogens is 1. The molecule has 10 heteroatoms. The third-order valence-electron chi connectivity index (χ3n) is 8.02. The van der Waals surface area contributed by atoms with Crippen LogP contribution in [0.3, 0.4) is 0 Å². The molecule has 1 aromatic carbocycles. The Labute approximate surface area is 211 Å². The number of nitrogens with zero attached hydrogens (tertiary/aromatic N) is 3. The predicted molar refractivity (Wildman–Crippen MR) is 132 cm³/mol. The molecule has 0 radical (unpaired) electrons. The van der Waals surface area contributed by atoms with Gasteiger partial charge in [-0.1, -0.05) is 6.92 Å². The van der Waals surface area contributed by atoms with E-state index in [2.05, 4.69) is 5.32 Å². The molecule has 0 unspecified atom stereocenters. The van der Waals surface area contributed by atoms with Gasteiger partial charge < -0.3 is 24.6 Å². The van der Waals surface area contributed by atoms with E-state index in [4.69, 9.17) is 9.72 Å². The van der Waals surface area contributed by atoms with Crippen LogP contribution < -0.4 is 10.9 Å². The van der Waals surface area contributed by atoms with Gasteiger partial charge in [0, 0.05) is 35.7 Å². The van der Waals surface area contributed by atoms with E-state index in [-0.39, 0.29) is 54.8 Å². The number of aliphatic hydroxyl groups is 1. The molecule has 0 saturated carbocycles. The molecule has 1 saturated heterocycles. The highest BCUT2D eigenvalue weighted by Crippen LogP contribution is 2.43. The van der Waals surface area contributed by atoms with E-state index in [1.54, 1.807) is 35.4 Å². The Hall–Kier alpha value is -3.63. The van der Waals surface area contributed by atoms with Crippen LogP contribution in [-0.2, 0) is 33.1 Å². The van der Waals surface area contributed by atoms with Crippen molar-refractivity contribution in [2.75, 3.05) is 19.6 Å². The zero-order valence-electron chi connectivity index (χ0n) is 20.9. The van der Waals surface area contributed by atoms with E-state index in [1.807, 2.05) is 6.92 Å². The van der Waals surface area contributed by atoms with Crippen LogP contribution in [0.15, 0.2) is 23.0 Å². The average Bonchev–Trinajstić information content (AvgIpc) is 3.24. The molecule has 5 heterocycles. The number of piperazine rings is 1. The second kappa shape index (κ2) is 8.19. The summed E-state index contributed by atoms with van der Waals surface area (Å²) < 4.78 is 21.4. The molecule has 6 rings (SSSR count). The van der Waals surface area contributed by atoms with Gasteiger partial charge in [-0.15, -0.1) is 0 Å². The molecule has 3 aromatic rings. The second-order valence-electron chi connectivity index (χ2n) is 10.0. The zero-order valence-corrected chi connectivity index (χ0v) is 20.9. The lowest BCUT2D eigenvalue weighted by molar-refractivity contribution is -0.172. The van der Waals surface area contributed by atoms with Crippen LogP contribution in [0.1, 0.15) is 54.1 Å². The molecule has 0 bridgehead atoms. The second-order valence-corrected chi connectivity index (χ2v) is 10.0. The number of rotatable bonds is 3. The van der Waals surface area contributed by atoms with Crippen molar-refractivity contribution in [2.24, 2.45) is 0 Å². The van der Waals surface area contributed by atoms with Crippen molar-refractivity contribution in [1.82, 2.24) is 19.8 Å². The van der Waals surface area contributed by atoms with E-state index in [9.17, 15) is 23.9 Å². The molecule has 2 atom stereocenters. The van der Waals surface area contributed by atoms with Crippen molar-refractivity contribution in [3.63, 3.8) is 0 Å². The highest BCUT2D eigenvalue weighted by molar-refractivity contribution is 5.91. The molecule has 3 aliphatic rings. The van der Waals surface area contributed by atoms with Gasteiger partial charge in [0.1, 0.15) is 12.4 Å². The lowest BCUT2D eigenvalue weighted by Gasteiger charge is -2.34. The molecule has 3 aliphatic heterocycles. The lowest BCUT2D eigenvalue weighted by Crippen LogP contribution is -2.49. The van der Waals surface area contributed by atoms with Crippen LogP contribution in [0.25, 0.3) is 22.3 Å². The van der Waals surface area contributed by atoms with E-state index in [0.29, 0.717) is 35.6 Å². The molecule has 1 fully saturated rings. The Morgan fingerprint density at radius 1 is 1.24 bits per heavy atom. The summed E-state index contributed by atoms with van der Waals surface area (Å²) in [6.45, 7) is 6.67. The summed E-state index contributed by atoms with van der Waals surface area (Å²) in [4.78, 5) is 45.5. The molecule has 2 N–H and O–H groups in total. The first-order chi connectivity index (χ1) is 17.7. The summed E-state index contributed by atoms with van der Waals surface area (Å²) in [5.41, 5.74) is 1.54. The average molecular weight is 507 g/mol. The molecular formula is C27H27FN4O5. The number of amides is 1. The number of hydrogen-bond donors (Lipinski definition) is 2. The van der Waals surface area contributed by atoms with Crippen LogP contribution in [0.5, 0.6) is 0 Å². The molecule has 192 valence electrons. The number of ether oxygens (including phenoxy) is 1. The Balaban J connectivity index is 1.64. The maximum Gasteiger partial charge on any atom is 0.343 e. The van der Waals surface area contributed by atoms with Gasteiger partial charge in [0.25, 0.3) is 5.56 Å². The van der Waals surface area contributed by atoms with Crippen molar-refractivity contribution >= 4 is 22.8 Å². The first-order valence-electron chi connectivity index (χ1n) is 12.5. The normalized spacial score (nSPS) is 21.5. The monoisotopic (exact) mass is 506 g/mol. The first-order valence-corrected chi connectivity index (χ1v) is 12.5. The molecular weight excluding hydrogens is 479 g/mol. The quantitative estimate of drug-likeness (QED) is 0.409. The van der Waals surface area contributed by atoms with Crippen molar-refractivity contribution in [1.29, 1.82) is 0 Å². The summed E-state index contributed by atoms with van der Waals surface area (Å²) in [6, 6.07) is 4.41. The minimum absolute atomic E-state index is 0.0388. The van der Waals surface area contributed by atoms with E-state index in [1.165, 1.54) is 6.07 Å². The van der Waals surface area contributed by atoms with E-state index in [0.717, 1.165) is 16.5 Å². The molecule has 2 aromatic heterocycles. The summed E-state index contributed by atoms with van der Waals surface area (Å²) in [5, 5.41) is 15.0. The van der Waals surface area contributed by atoms with Gasteiger partial charge in [0.05, 0.1) is 41.6 Å². The van der Waals surface area contributed by atoms with Crippen molar-refractivity contribution in [3.05, 3.63) is 62.2 Å². The third-order valence-corrected chi connectivity index (χ3v) is 8.02. The Morgan fingerprint density at radius 3 is 2.76 bits per heavy atom. The summed E-state index contributed by atoms with van der Waals surface area (Å²) >= 11 is 0. The first kappa shape index (κ1) is 23.7. The van der Waals surface area contributed by atoms with Crippen LogP contribution in [0.4, 0.5) is 4.39 Å². The SMILES string of the molecule is CC[C@@]1(O)C(=O)OCc2c1cc1n(c2=O)Cc2c-1nc1cc(F)c(C)cc1c2[C@H](C)N1CCNCC1=O. The fraction of sp³-hybridized carbons (Fsp3) is 0.407. The van der Waals surface area contributed by atoms with E-state index >= 15 is 0 Å². The molecule has 0 spiro atoms. The largest absolute Gasteiger partial charge is 0.458 e. The van der Waals surface area contributed by atoms with Crippen molar-refractivity contribution < 1.29 is 23.8 Å². The molecule has 0 aliphatic carbocycles. The number of hydrogen-bond acceptors (Lipinski definition) is 7. The maximum absolute atomic E-state index is 14.7. The van der Waals surface area contributed by atoms with Crippen molar-refractivity contribution in [2.45, 2.75) is 52.0 Å². The van der Waals surface area contributed by atoms with Crippen LogP contribution in [-0.4, -0.2) is 51.1 Å². The number of carbonyl (C=O) groups is 2. The summed E-state index contributed by atoms with van der Waals surface area (Å²) in [6.07, 6.45) is 0.0393. The van der Waals surface area contributed by atoms with Gasteiger partial charge in [0.15, 0.2) is 5.60 Å². The summed E-state index contributed by atoms with van der Waals surface area (Å²) in [7, 11) is 0.